The summed E-state index contributed by atoms with van der Waals surface area (Å²) in [7, 11) is 0. The third kappa shape index (κ3) is 4.99. The second kappa shape index (κ2) is 8.87. The molecule has 4 heteroatoms. The lowest BCUT2D eigenvalue weighted by Gasteiger charge is -2.32. The normalized spacial score (nSPS) is 18.7. The Bertz CT molecular complexity index is 831. The lowest BCUT2D eigenvalue weighted by Crippen LogP contribution is -2.43. The summed E-state index contributed by atoms with van der Waals surface area (Å²) in [4.78, 5) is 15.2. The van der Waals surface area contributed by atoms with Gasteiger partial charge in [-0.25, -0.2) is 4.39 Å². The monoisotopic (exact) mass is 382 g/mol. The van der Waals surface area contributed by atoms with Crippen LogP contribution in [0.4, 0.5) is 4.39 Å². The highest BCUT2D eigenvalue weighted by atomic mass is 19.1. The van der Waals surface area contributed by atoms with Crippen LogP contribution in [-0.4, -0.2) is 23.9 Å². The number of likely N-dealkylation sites (tertiary alicyclic amines) is 1. The van der Waals surface area contributed by atoms with E-state index in [1.165, 1.54) is 34.4 Å². The number of nitrogens with zero attached hydrogens (tertiary/aromatic N) is 1. The van der Waals surface area contributed by atoms with E-state index >= 15 is 0 Å². The molecule has 1 heterocycles. The molecular formula is C24H31FN2O. The molecule has 1 amide bonds. The number of hydrogen-bond acceptors (Lipinski definition) is 2. The topological polar surface area (TPSA) is 32.3 Å². The van der Waals surface area contributed by atoms with Gasteiger partial charge in [-0.15, -0.1) is 0 Å². The maximum atomic E-state index is 13.1. The summed E-state index contributed by atoms with van der Waals surface area (Å²) in [6.45, 7) is 10.9. The Morgan fingerprint density at radius 1 is 1.14 bits per heavy atom. The average Bonchev–Trinajstić information content (AvgIpc) is 2.66. The minimum absolute atomic E-state index is 0.000671. The van der Waals surface area contributed by atoms with Crippen molar-refractivity contribution in [3.8, 4) is 0 Å². The molecule has 0 spiro atoms. The van der Waals surface area contributed by atoms with Crippen LogP contribution in [0.25, 0.3) is 0 Å². The molecule has 0 aliphatic carbocycles. The molecule has 1 aliphatic rings. The van der Waals surface area contributed by atoms with E-state index in [-0.39, 0.29) is 23.7 Å². The average molecular weight is 383 g/mol. The summed E-state index contributed by atoms with van der Waals surface area (Å²) in [5, 5.41) is 3.23. The van der Waals surface area contributed by atoms with E-state index in [4.69, 9.17) is 0 Å². The van der Waals surface area contributed by atoms with Crippen LogP contribution >= 0.6 is 0 Å². The van der Waals surface area contributed by atoms with Gasteiger partial charge < -0.3 is 5.32 Å². The molecule has 0 radical (unpaired) electrons. The first-order valence-electron chi connectivity index (χ1n) is 10.2. The summed E-state index contributed by atoms with van der Waals surface area (Å²) in [6, 6.07) is 11.0. The van der Waals surface area contributed by atoms with Gasteiger partial charge in [-0.1, -0.05) is 24.3 Å². The number of rotatable bonds is 5. The van der Waals surface area contributed by atoms with E-state index in [0.717, 1.165) is 38.0 Å². The van der Waals surface area contributed by atoms with E-state index in [2.05, 4.69) is 50.0 Å². The first-order valence-corrected chi connectivity index (χ1v) is 10.2. The first kappa shape index (κ1) is 20.5. The van der Waals surface area contributed by atoms with Crippen LogP contribution < -0.4 is 5.32 Å². The predicted octanol–water partition coefficient (Wildman–Crippen LogP) is 4.84. The maximum Gasteiger partial charge on any atom is 0.224 e. The third-order valence-electron chi connectivity index (χ3n) is 5.90. The van der Waals surface area contributed by atoms with E-state index in [9.17, 15) is 9.18 Å². The number of benzene rings is 2. The van der Waals surface area contributed by atoms with E-state index in [0.29, 0.717) is 0 Å². The summed E-state index contributed by atoms with van der Waals surface area (Å²) in [5.74, 6) is -0.0762. The Morgan fingerprint density at radius 2 is 1.82 bits per heavy atom. The van der Waals surface area contributed by atoms with Crippen LogP contribution in [0.5, 0.6) is 0 Å². The minimum Gasteiger partial charge on any atom is -0.349 e. The standard InChI is InChI=1S/C24H31FN2O/c1-16-12-18(3)23(13-17(16)2)19(4)26-24(28)21-6-5-11-27(15-21)14-20-7-9-22(25)10-8-20/h7-10,12-13,19,21H,5-6,11,14-15H2,1-4H3,(H,26,28). The zero-order valence-electron chi connectivity index (χ0n) is 17.4. The van der Waals surface area contributed by atoms with Crippen LogP contribution in [-0.2, 0) is 11.3 Å². The second-order valence-corrected chi connectivity index (χ2v) is 8.22. The molecule has 2 atom stereocenters. The Balaban J connectivity index is 1.60. The zero-order chi connectivity index (χ0) is 20.3. The smallest absolute Gasteiger partial charge is 0.224 e. The Labute approximate surface area is 167 Å². The molecule has 3 nitrogen and oxygen atoms in total. The van der Waals surface area contributed by atoms with Crippen LogP contribution in [0.1, 0.15) is 53.6 Å². The number of hydrogen-bond donors (Lipinski definition) is 1. The molecule has 1 fully saturated rings. The van der Waals surface area contributed by atoms with Crippen LogP contribution in [0.15, 0.2) is 36.4 Å². The molecule has 1 saturated heterocycles. The Morgan fingerprint density at radius 3 is 2.54 bits per heavy atom. The third-order valence-corrected chi connectivity index (χ3v) is 5.90. The van der Waals surface area contributed by atoms with Gasteiger partial charge >= 0.3 is 0 Å². The molecule has 0 aromatic heterocycles. The van der Waals surface area contributed by atoms with E-state index in [1.807, 2.05) is 12.1 Å². The molecule has 1 N–H and O–H groups in total. The fourth-order valence-electron chi connectivity index (χ4n) is 4.12. The van der Waals surface area contributed by atoms with Gasteiger partial charge in [0.1, 0.15) is 5.82 Å². The second-order valence-electron chi connectivity index (χ2n) is 8.22. The predicted molar refractivity (Wildman–Crippen MR) is 112 cm³/mol. The maximum absolute atomic E-state index is 13.1. The van der Waals surface area contributed by atoms with Gasteiger partial charge in [0.25, 0.3) is 0 Å². The van der Waals surface area contributed by atoms with Gasteiger partial charge in [0, 0.05) is 13.1 Å². The SMILES string of the molecule is Cc1cc(C)c(C(C)NC(=O)C2CCCN(Cc3ccc(F)cc3)C2)cc1C. The van der Waals surface area contributed by atoms with Crippen molar-refractivity contribution in [2.75, 3.05) is 13.1 Å². The molecule has 2 aromatic carbocycles. The highest BCUT2D eigenvalue weighted by molar-refractivity contribution is 5.79. The fraction of sp³-hybridized carbons (Fsp3) is 0.458. The van der Waals surface area contributed by atoms with Crippen molar-refractivity contribution in [3.05, 3.63) is 70.0 Å². The quantitative estimate of drug-likeness (QED) is 0.802. The molecule has 0 saturated carbocycles. The van der Waals surface area contributed by atoms with Crippen LogP contribution in [0, 0.1) is 32.5 Å². The Kier molecular flexibility index (Phi) is 6.50. The van der Waals surface area contributed by atoms with Crippen molar-refractivity contribution in [2.45, 2.75) is 53.1 Å². The van der Waals surface area contributed by atoms with Crippen molar-refractivity contribution in [1.82, 2.24) is 10.2 Å². The lowest BCUT2D eigenvalue weighted by atomic mass is 9.94. The first-order chi connectivity index (χ1) is 13.3. The number of halogens is 1. The number of nitrogens with one attached hydrogen (secondary N) is 1. The summed E-state index contributed by atoms with van der Waals surface area (Å²) in [5.41, 5.74) is 6.03. The van der Waals surface area contributed by atoms with Gasteiger partial charge in [-0.05, 0) is 87.0 Å². The van der Waals surface area contributed by atoms with E-state index in [1.54, 1.807) is 0 Å². The van der Waals surface area contributed by atoms with E-state index < -0.39 is 0 Å². The zero-order valence-corrected chi connectivity index (χ0v) is 17.4. The van der Waals surface area contributed by atoms with Crippen molar-refractivity contribution in [2.24, 2.45) is 5.92 Å². The van der Waals surface area contributed by atoms with Gasteiger partial charge in [0.05, 0.1) is 12.0 Å². The highest BCUT2D eigenvalue weighted by Crippen LogP contribution is 2.24. The molecule has 3 rings (SSSR count). The van der Waals surface area contributed by atoms with Crippen molar-refractivity contribution in [3.63, 3.8) is 0 Å². The van der Waals surface area contributed by atoms with Gasteiger partial charge in [-0.3, -0.25) is 9.69 Å². The molecule has 0 bridgehead atoms. The molecular weight excluding hydrogens is 351 g/mol. The summed E-state index contributed by atoms with van der Waals surface area (Å²) < 4.78 is 13.1. The number of aryl methyl sites for hydroxylation is 3. The highest BCUT2D eigenvalue weighted by Gasteiger charge is 2.27. The minimum atomic E-state index is -0.213. The number of piperidine rings is 1. The van der Waals surface area contributed by atoms with Crippen molar-refractivity contribution >= 4 is 5.91 Å². The number of amides is 1. The molecule has 2 aromatic rings. The molecule has 2 unspecified atom stereocenters. The largest absolute Gasteiger partial charge is 0.349 e. The number of carbonyl (C=O) groups excluding carboxylic acids is 1. The molecule has 28 heavy (non-hydrogen) atoms. The van der Waals surface area contributed by atoms with Crippen molar-refractivity contribution < 1.29 is 9.18 Å². The lowest BCUT2D eigenvalue weighted by molar-refractivity contribution is -0.127. The van der Waals surface area contributed by atoms with Crippen LogP contribution in [0.2, 0.25) is 0 Å². The molecule has 1 aliphatic heterocycles. The van der Waals surface area contributed by atoms with Crippen LogP contribution in [0.3, 0.4) is 0 Å². The summed E-state index contributed by atoms with van der Waals surface area (Å²) >= 11 is 0. The summed E-state index contributed by atoms with van der Waals surface area (Å²) in [6.07, 6.45) is 1.93. The van der Waals surface area contributed by atoms with Gasteiger partial charge in [-0.2, -0.15) is 0 Å². The van der Waals surface area contributed by atoms with Gasteiger partial charge in [0.15, 0.2) is 0 Å². The fourth-order valence-corrected chi connectivity index (χ4v) is 4.12. The van der Waals surface area contributed by atoms with Crippen molar-refractivity contribution in [1.29, 1.82) is 0 Å². The Hall–Kier alpha value is -2.20. The van der Waals surface area contributed by atoms with Gasteiger partial charge in [0.2, 0.25) is 5.91 Å². The molecule has 150 valence electrons. The number of carbonyl (C=O) groups is 1.